The molecule has 0 heterocycles. The Balaban J connectivity index is 1.30. The van der Waals surface area contributed by atoms with Crippen LogP contribution in [0.4, 0.5) is 0 Å². The summed E-state index contributed by atoms with van der Waals surface area (Å²) < 4.78 is 0. The fourth-order valence-corrected chi connectivity index (χ4v) is 9.34. The lowest BCUT2D eigenvalue weighted by Gasteiger charge is -2.59. The molecule has 0 aliphatic heterocycles. The highest BCUT2D eigenvalue weighted by molar-refractivity contribution is 5.27. The summed E-state index contributed by atoms with van der Waals surface area (Å²) >= 11 is 0. The van der Waals surface area contributed by atoms with Crippen molar-refractivity contribution in [3.05, 3.63) is 11.6 Å². The number of aliphatic hydroxyl groups is 2. The molecule has 0 aromatic carbocycles. The van der Waals surface area contributed by atoms with E-state index in [0.29, 0.717) is 16.7 Å². The van der Waals surface area contributed by atoms with E-state index in [2.05, 4.69) is 33.8 Å². The summed E-state index contributed by atoms with van der Waals surface area (Å²) in [5, 5.41) is 21.4. The van der Waals surface area contributed by atoms with E-state index < -0.39 is 5.60 Å². The summed E-state index contributed by atoms with van der Waals surface area (Å²) in [5.41, 5.74) is 2.00. The zero-order valence-electron chi connectivity index (χ0n) is 20.7. The summed E-state index contributed by atoms with van der Waals surface area (Å²) in [6, 6.07) is 0. The Bertz CT molecular complexity index is 710. The molecule has 0 unspecified atom stereocenters. The normalized spacial score (nSPS) is 48.9. The second kappa shape index (κ2) is 7.86. The second-order valence-corrected chi connectivity index (χ2v) is 13.2. The number of aliphatic hydroxyl groups excluding tert-OH is 1. The maximum absolute atomic E-state index is 11.0. The van der Waals surface area contributed by atoms with Crippen molar-refractivity contribution < 1.29 is 10.2 Å². The summed E-state index contributed by atoms with van der Waals surface area (Å²) in [6.07, 6.45) is 18.2. The largest absolute Gasteiger partial charge is 0.393 e. The van der Waals surface area contributed by atoms with Crippen molar-refractivity contribution in [2.45, 2.75) is 123 Å². The fraction of sp³-hybridized carbons (Fsp3) is 0.931. The lowest BCUT2D eigenvalue weighted by atomic mass is 9.46. The highest BCUT2D eigenvalue weighted by atomic mass is 16.3. The van der Waals surface area contributed by atoms with E-state index in [9.17, 15) is 10.2 Å². The first-order chi connectivity index (χ1) is 14.7. The first kappa shape index (κ1) is 22.5. The minimum Gasteiger partial charge on any atom is -0.393 e. The monoisotopic (exact) mass is 428 g/mol. The maximum Gasteiger partial charge on any atom is 0.0682 e. The molecule has 9 atom stereocenters. The van der Waals surface area contributed by atoms with Crippen LogP contribution in [0.5, 0.6) is 0 Å². The third kappa shape index (κ3) is 3.67. The molecule has 0 radical (unpaired) electrons. The van der Waals surface area contributed by atoms with E-state index in [4.69, 9.17) is 0 Å². The van der Waals surface area contributed by atoms with E-state index in [0.717, 1.165) is 55.3 Å². The summed E-state index contributed by atoms with van der Waals surface area (Å²) in [5.74, 6) is 4.79. The number of allylic oxidation sites excluding steroid dienone is 1. The molecule has 0 bridgehead atoms. The van der Waals surface area contributed by atoms with E-state index >= 15 is 0 Å². The van der Waals surface area contributed by atoms with Crippen LogP contribution in [0.25, 0.3) is 0 Å². The van der Waals surface area contributed by atoms with Crippen LogP contribution in [-0.4, -0.2) is 21.9 Å². The molecule has 4 saturated carbocycles. The van der Waals surface area contributed by atoms with Crippen LogP contribution < -0.4 is 0 Å². The SMILES string of the molecule is CC[C@]1(O)CC[C@@]2(C)C(=CC[C@H]3[C@@H]4CC[C@H]([C@H](C)CC[C@@H](O)C5CC5)[C@@]4(C)CC[C@@H]32)C1. The summed E-state index contributed by atoms with van der Waals surface area (Å²) in [6.45, 7) is 9.86. The highest BCUT2D eigenvalue weighted by Crippen LogP contribution is 2.67. The Labute approximate surface area is 191 Å². The lowest BCUT2D eigenvalue weighted by Crippen LogP contribution is -2.52. The van der Waals surface area contributed by atoms with Crippen molar-refractivity contribution in [1.82, 2.24) is 0 Å². The smallest absolute Gasteiger partial charge is 0.0682 e. The average Bonchev–Trinajstić information content (AvgIpc) is 3.54. The first-order valence-electron chi connectivity index (χ1n) is 13.8. The predicted molar refractivity (Wildman–Crippen MR) is 128 cm³/mol. The van der Waals surface area contributed by atoms with Gasteiger partial charge in [-0.05, 0) is 130 Å². The molecular weight excluding hydrogens is 380 g/mol. The molecule has 2 nitrogen and oxygen atoms in total. The van der Waals surface area contributed by atoms with Gasteiger partial charge in [-0.2, -0.15) is 0 Å². The van der Waals surface area contributed by atoms with Gasteiger partial charge >= 0.3 is 0 Å². The molecular formula is C29H48O2. The minimum absolute atomic E-state index is 0.0295. The predicted octanol–water partition coefficient (Wildman–Crippen LogP) is 6.89. The quantitative estimate of drug-likeness (QED) is 0.452. The number of hydrogen-bond donors (Lipinski definition) is 2. The maximum atomic E-state index is 11.0. The third-order valence-electron chi connectivity index (χ3n) is 11.8. The molecule has 5 aliphatic rings. The van der Waals surface area contributed by atoms with Gasteiger partial charge in [0.15, 0.2) is 0 Å². The Morgan fingerprint density at radius 2 is 1.77 bits per heavy atom. The molecule has 0 spiro atoms. The number of rotatable bonds is 6. The van der Waals surface area contributed by atoms with Gasteiger partial charge in [0.2, 0.25) is 0 Å². The molecule has 5 rings (SSSR count). The van der Waals surface area contributed by atoms with Gasteiger partial charge in [-0.1, -0.05) is 39.3 Å². The van der Waals surface area contributed by atoms with Crippen LogP contribution in [0.15, 0.2) is 11.6 Å². The molecule has 176 valence electrons. The van der Waals surface area contributed by atoms with Gasteiger partial charge in [0, 0.05) is 0 Å². The van der Waals surface area contributed by atoms with Crippen LogP contribution in [0, 0.1) is 46.3 Å². The molecule has 0 saturated heterocycles. The minimum atomic E-state index is -0.444. The topological polar surface area (TPSA) is 40.5 Å². The van der Waals surface area contributed by atoms with Gasteiger partial charge in [-0.25, -0.2) is 0 Å². The number of hydrogen-bond acceptors (Lipinski definition) is 2. The lowest BCUT2D eigenvalue weighted by molar-refractivity contribution is -0.0758. The van der Waals surface area contributed by atoms with Gasteiger partial charge in [0.05, 0.1) is 11.7 Å². The number of fused-ring (bicyclic) bond motifs is 5. The molecule has 5 aliphatic carbocycles. The molecule has 0 aromatic rings. The van der Waals surface area contributed by atoms with Crippen LogP contribution in [0.3, 0.4) is 0 Å². The molecule has 0 aromatic heterocycles. The second-order valence-electron chi connectivity index (χ2n) is 13.2. The Hall–Kier alpha value is -0.340. The van der Waals surface area contributed by atoms with E-state index in [1.54, 1.807) is 5.57 Å². The summed E-state index contributed by atoms with van der Waals surface area (Å²) in [4.78, 5) is 0. The van der Waals surface area contributed by atoms with Crippen molar-refractivity contribution in [2.24, 2.45) is 46.3 Å². The molecule has 31 heavy (non-hydrogen) atoms. The zero-order chi connectivity index (χ0) is 22.0. The van der Waals surface area contributed by atoms with Gasteiger partial charge in [0.25, 0.3) is 0 Å². The van der Waals surface area contributed by atoms with E-state index in [-0.39, 0.29) is 6.10 Å². The zero-order valence-corrected chi connectivity index (χ0v) is 20.7. The van der Waals surface area contributed by atoms with Crippen LogP contribution >= 0.6 is 0 Å². The van der Waals surface area contributed by atoms with Crippen molar-refractivity contribution in [3.63, 3.8) is 0 Å². The fourth-order valence-electron chi connectivity index (χ4n) is 9.34. The van der Waals surface area contributed by atoms with Gasteiger partial charge in [0.1, 0.15) is 0 Å². The third-order valence-corrected chi connectivity index (χ3v) is 11.8. The van der Waals surface area contributed by atoms with E-state index in [1.165, 1.54) is 57.8 Å². The van der Waals surface area contributed by atoms with Crippen LogP contribution in [0.1, 0.15) is 111 Å². The van der Waals surface area contributed by atoms with Crippen molar-refractivity contribution in [2.75, 3.05) is 0 Å². The van der Waals surface area contributed by atoms with Gasteiger partial charge < -0.3 is 10.2 Å². The van der Waals surface area contributed by atoms with Gasteiger partial charge in [-0.15, -0.1) is 0 Å². The average molecular weight is 429 g/mol. The van der Waals surface area contributed by atoms with Crippen LogP contribution in [-0.2, 0) is 0 Å². The standard InChI is InChI=1S/C29H48O2/c1-5-29(31)17-16-27(3)21(18-29)9-10-22-24-12-11-23(28(24,4)15-14-25(22)27)19(2)6-13-26(30)20-7-8-20/h9,19-20,22-26,30-31H,5-8,10-18H2,1-4H3/t19-,22+,23-,24+,25+,26-,27+,28-,29+/m1/s1. The summed E-state index contributed by atoms with van der Waals surface area (Å²) in [7, 11) is 0. The van der Waals surface area contributed by atoms with Crippen molar-refractivity contribution in [1.29, 1.82) is 0 Å². The molecule has 2 heteroatoms. The highest BCUT2D eigenvalue weighted by Gasteiger charge is 2.59. The molecule has 2 N–H and O–H groups in total. The Kier molecular flexibility index (Phi) is 5.70. The Morgan fingerprint density at radius 1 is 1.00 bits per heavy atom. The van der Waals surface area contributed by atoms with E-state index in [1.807, 2.05) is 0 Å². The van der Waals surface area contributed by atoms with Gasteiger partial charge in [-0.3, -0.25) is 0 Å². The molecule has 4 fully saturated rings. The van der Waals surface area contributed by atoms with Crippen LogP contribution in [0.2, 0.25) is 0 Å². The Morgan fingerprint density at radius 3 is 2.48 bits per heavy atom. The van der Waals surface area contributed by atoms with Crippen molar-refractivity contribution in [3.8, 4) is 0 Å². The first-order valence-corrected chi connectivity index (χ1v) is 13.8. The molecule has 0 amide bonds. The van der Waals surface area contributed by atoms with Crippen molar-refractivity contribution >= 4 is 0 Å².